The van der Waals surface area contributed by atoms with E-state index < -0.39 is 22.3 Å². The van der Waals surface area contributed by atoms with E-state index >= 15 is 0 Å². The Morgan fingerprint density at radius 2 is 1.83 bits per heavy atom. The molecule has 2 aromatic carbocycles. The lowest BCUT2D eigenvalue weighted by Gasteiger charge is -2.17. The molecule has 0 radical (unpaired) electrons. The maximum absolute atomic E-state index is 13.3. The molecular weight excluding hydrogens is 403 g/mol. The Hall–Kier alpha value is -3.11. The minimum atomic E-state index is -4.63. The Morgan fingerprint density at radius 1 is 1.10 bits per heavy atom. The molecule has 0 N–H and O–H groups in total. The summed E-state index contributed by atoms with van der Waals surface area (Å²) in [6.07, 6.45) is -2.77. The van der Waals surface area contributed by atoms with Gasteiger partial charge >= 0.3 is 6.18 Å². The van der Waals surface area contributed by atoms with E-state index in [0.717, 1.165) is 11.6 Å². The third-order valence-electron chi connectivity index (χ3n) is 4.31. The zero-order chi connectivity index (χ0) is 21.0. The first-order valence-electron chi connectivity index (χ1n) is 8.68. The molecule has 0 spiro atoms. The second kappa shape index (κ2) is 8.50. The van der Waals surface area contributed by atoms with Gasteiger partial charge in [-0.2, -0.15) is 23.4 Å². The molecule has 0 aliphatic rings. The van der Waals surface area contributed by atoms with Crippen molar-refractivity contribution < 1.29 is 13.2 Å². The summed E-state index contributed by atoms with van der Waals surface area (Å²) >= 11 is 6.06. The average molecular weight is 418 g/mol. The maximum Gasteiger partial charge on any atom is 0.417 e. The fourth-order valence-corrected chi connectivity index (χ4v) is 3.26. The molecule has 29 heavy (non-hydrogen) atoms. The molecule has 0 bridgehead atoms. The molecule has 0 aliphatic carbocycles. The quantitative estimate of drug-likeness (QED) is 0.581. The second-order valence-electron chi connectivity index (χ2n) is 6.33. The van der Waals surface area contributed by atoms with Crippen LogP contribution in [0.3, 0.4) is 0 Å². The highest BCUT2D eigenvalue weighted by molar-refractivity contribution is 6.34. The summed E-state index contributed by atoms with van der Waals surface area (Å²) in [5.41, 5.74) is -0.386. The normalized spacial score (nSPS) is 11.3. The molecule has 3 aromatic rings. The highest BCUT2D eigenvalue weighted by Gasteiger charge is 2.34. The molecule has 1 aromatic heterocycles. The van der Waals surface area contributed by atoms with Gasteiger partial charge in [0.2, 0.25) is 0 Å². The molecule has 0 atom stereocenters. The molecule has 3 rings (SSSR count). The van der Waals surface area contributed by atoms with E-state index in [1.54, 1.807) is 4.57 Å². The summed E-state index contributed by atoms with van der Waals surface area (Å²) in [5, 5.41) is 8.28. The standard InChI is InChI=1S/C21H15ClF3N3O/c22-18-16(9-4-10-17(18)21(23,24)25)19-27-20(29)15(8-5-11-26)13-28(19)12-14-6-2-1-3-7-14/h1-4,6-7,9-10,13H,5,8,12H2. The third kappa shape index (κ3) is 4.66. The minimum absolute atomic E-state index is 0.0151. The second-order valence-corrected chi connectivity index (χ2v) is 6.71. The Kier molecular flexibility index (Phi) is 6.04. The van der Waals surface area contributed by atoms with E-state index in [-0.39, 0.29) is 30.8 Å². The van der Waals surface area contributed by atoms with Crippen LogP contribution in [0, 0.1) is 11.3 Å². The lowest BCUT2D eigenvalue weighted by Crippen LogP contribution is -2.20. The number of nitrogens with zero attached hydrogens (tertiary/aromatic N) is 3. The molecular formula is C21H15ClF3N3O. The predicted molar refractivity (Wildman–Crippen MR) is 103 cm³/mol. The van der Waals surface area contributed by atoms with Crippen LogP contribution in [0.4, 0.5) is 13.2 Å². The number of alkyl halides is 3. The van der Waals surface area contributed by atoms with Crippen molar-refractivity contribution in [1.29, 1.82) is 5.26 Å². The van der Waals surface area contributed by atoms with Crippen molar-refractivity contribution in [3.8, 4) is 17.5 Å². The smallest absolute Gasteiger partial charge is 0.327 e. The van der Waals surface area contributed by atoms with Gasteiger partial charge in [0.15, 0.2) is 0 Å². The molecule has 8 heteroatoms. The number of benzene rings is 2. The Bertz CT molecular complexity index is 1120. The van der Waals surface area contributed by atoms with E-state index in [2.05, 4.69) is 4.98 Å². The van der Waals surface area contributed by atoms with Gasteiger partial charge < -0.3 is 4.57 Å². The Balaban J connectivity index is 2.19. The molecule has 0 unspecified atom stereocenters. The van der Waals surface area contributed by atoms with Crippen molar-refractivity contribution in [3.63, 3.8) is 0 Å². The number of hydrogen-bond acceptors (Lipinski definition) is 3. The summed E-state index contributed by atoms with van der Waals surface area (Å²) in [4.78, 5) is 16.4. The van der Waals surface area contributed by atoms with Crippen LogP contribution in [0.5, 0.6) is 0 Å². The number of rotatable bonds is 5. The van der Waals surface area contributed by atoms with Gasteiger partial charge in [-0.05, 0) is 24.1 Å². The lowest BCUT2D eigenvalue weighted by atomic mass is 10.1. The summed E-state index contributed by atoms with van der Waals surface area (Å²) < 4.78 is 41.4. The van der Waals surface area contributed by atoms with Crippen LogP contribution < -0.4 is 5.56 Å². The predicted octanol–water partition coefficient (Wildman–Crippen LogP) is 5.09. The number of halogens is 4. The highest BCUT2D eigenvalue weighted by Crippen LogP contribution is 2.39. The van der Waals surface area contributed by atoms with Gasteiger partial charge in [0.05, 0.1) is 16.7 Å². The summed E-state index contributed by atoms with van der Waals surface area (Å²) in [6.45, 7) is 0.273. The van der Waals surface area contributed by atoms with Crippen molar-refractivity contribution in [2.24, 2.45) is 0 Å². The molecule has 0 aliphatic heterocycles. The van der Waals surface area contributed by atoms with Crippen molar-refractivity contribution >= 4 is 11.6 Å². The van der Waals surface area contributed by atoms with Crippen molar-refractivity contribution in [2.45, 2.75) is 25.6 Å². The summed E-state index contributed by atoms with van der Waals surface area (Å²) in [5.74, 6) is 0.0376. The Labute approximate surface area is 169 Å². The van der Waals surface area contributed by atoms with Crippen molar-refractivity contribution in [1.82, 2.24) is 9.55 Å². The van der Waals surface area contributed by atoms with E-state index in [0.29, 0.717) is 5.56 Å². The van der Waals surface area contributed by atoms with Gasteiger partial charge in [-0.3, -0.25) is 4.79 Å². The van der Waals surface area contributed by atoms with Gasteiger partial charge in [0.25, 0.3) is 5.56 Å². The van der Waals surface area contributed by atoms with Gasteiger partial charge in [0, 0.05) is 30.3 Å². The van der Waals surface area contributed by atoms with Crippen LogP contribution in [-0.4, -0.2) is 9.55 Å². The van der Waals surface area contributed by atoms with E-state index in [4.69, 9.17) is 16.9 Å². The average Bonchev–Trinajstić information content (AvgIpc) is 2.68. The van der Waals surface area contributed by atoms with Crippen LogP contribution in [0.15, 0.2) is 59.5 Å². The molecule has 0 amide bonds. The molecule has 0 saturated carbocycles. The summed E-state index contributed by atoms with van der Waals surface area (Å²) in [6, 6.07) is 14.7. The first-order chi connectivity index (χ1) is 13.8. The zero-order valence-electron chi connectivity index (χ0n) is 15.1. The van der Waals surface area contributed by atoms with Gasteiger partial charge in [-0.15, -0.1) is 0 Å². The van der Waals surface area contributed by atoms with E-state index in [1.807, 2.05) is 36.4 Å². The minimum Gasteiger partial charge on any atom is -0.327 e. The van der Waals surface area contributed by atoms with Crippen LogP contribution in [-0.2, 0) is 19.1 Å². The van der Waals surface area contributed by atoms with Gasteiger partial charge in [-0.1, -0.05) is 48.0 Å². The van der Waals surface area contributed by atoms with Crippen molar-refractivity contribution in [3.05, 3.63) is 86.8 Å². The number of aromatic nitrogens is 2. The third-order valence-corrected chi connectivity index (χ3v) is 4.72. The number of hydrogen-bond donors (Lipinski definition) is 0. The fourth-order valence-electron chi connectivity index (χ4n) is 2.94. The maximum atomic E-state index is 13.3. The zero-order valence-corrected chi connectivity index (χ0v) is 15.8. The molecule has 0 fully saturated rings. The number of nitriles is 1. The SMILES string of the molecule is N#CCCc1cn(Cc2ccccc2)c(-c2cccc(C(F)(F)F)c2Cl)nc1=O. The van der Waals surface area contributed by atoms with Gasteiger partial charge in [-0.25, -0.2) is 0 Å². The van der Waals surface area contributed by atoms with Gasteiger partial charge in [0.1, 0.15) is 5.82 Å². The van der Waals surface area contributed by atoms with E-state index in [9.17, 15) is 18.0 Å². The number of aryl methyl sites for hydroxylation is 1. The first-order valence-corrected chi connectivity index (χ1v) is 9.06. The topological polar surface area (TPSA) is 58.7 Å². The fraction of sp³-hybridized carbons (Fsp3) is 0.190. The van der Waals surface area contributed by atoms with Crippen LogP contribution in [0.1, 0.15) is 23.1 Å². The Morgan fingerprint density at radius 3 is 2.48 bits per heavy atom. The molecule has 1 heterocycles. The van der Waals surface area contributed by atoms with Crippen molar-refractivity contribution in [2.75, 3.05) is 0 Å². The summed E-state index contributed by atoms with van der Waals surface area (Å²) in [7, 11) is 0. The first kappa shape index (κ1) is 20.6. The van der Waals surface area contributed by atoms with E-state index in [1.165, 1.54) is 18.3 Å². The molecule has 0 saturated heterocycles. The highest BCUT2D eigenvalue weighted by atomic mass is 35.5. The van der Waals surface area contributed by atoms with Crippen LogP contribution >= 0.6 is 11.6 Å². The monoisotopic (exact) mass is 417 g/mol. The molecule has 148 valence electrons. The van der Waals surface area contributed by atoms with Crippen LogP contribution in [0.2, 0.25) is 5.02 Å². The lowest BCUT2D eigenvalue weighted by molar-refractivity contribution is -0.137. The van der Waals surface area contributed by atoms with Crippen LogP contribution in [0.25, 0.3) is 11.4 Å². The largest absolute Gasteiger partial charge is 0.417 e. The molecule has 4 nitrogen and oxygen atoms in total.